The highest BCUT2D eigenvalue weighted by Gasteiger charge is 2.17. The number of benzene rings is 1. The molecule has 1 aromatic carbocycles. The number of carbonyl (C=O) groups is 1. The number of carbonyl (C=O) groups excluding carboxylic acids is 1. The first-order valence-corrected chi connectivity index (χ1v) is 8.05. The van der Waals surface area contributed by atoms with Crippen LogP contribution in [-0.4, -0.2) is 30.5 Å². The molecule has 0 bridgehead atoms. The summed E-state index contributed by atoms with van der Waals surface area (Å²) in [6.07, 6.45) is 1.10. The molecule has 0 atom stereocenters. The monoisotopic (exact) mass is 375 g/mol. The highest BCUT2D eigenvalue weighted by atomic mass is 35.5. The molecule has 128 valence electrons. The zero-order chi connectivity index (χ0) is 15.1. The lowest BCUT2D eigenvalue weighted by Crippen LogP contribution is -2.31. The summed E-state index contributed by atoms with van der Waals surface area (Å²) >= 11 is 1.44. The predicted octanol–water partition coefficient (Wildman–Crippen LogP) is 3.69. The molecule has 0 aliphatic rings. The van der Waals surface area contributed by atoms with Gasteiger partial charge in [-0.3, -0.25) is 4.79 Å². The van der Waals surface area contributed by atoms with Crippen LogP contribution in [0.2, 0.25) is 0 Å². The number of thiazole rings is 1. The number of hydrogen-bond acceptors (Lipinski definition) is 4. The fraction of sp³-hybridized carbons (Fsp3) is 0.375. The molecule has 0 fully saturated rings. The van der Waals surface area contributed by atoms with Crippen LogP contribution in [-0.2, 0) is 0 Å². The van der Waals surface area contributed by atoms with Crippen LogP contribution in [0.5, 0.6) is 0 Å². The van der Waals surface area contributed by atoms with Gasteiger partial charge in [-0.2, -0.15) is 0 Å². The molecule has 1 heterocycles. The van der Waals surface area contributed by atoms with E-state index in [9.17, 15) is 4.79 Å². The molecule has 1 aromatic heterocycles. The molecule has 0 spiro atoms. The van der Waals surface area contributed by atoms with Crippen LogP contribution in [0.15, 0.2) is 30.3 Å². The number of aryl methyl sites for hydroxylation is 1. The Kier molecular flexibility index (Phi) is 10.8. The first-order chi connectivity index (χ1) is 10.2. The first kappa shape index (κ1) is 21.9. The van der Waals surface area contributed by atoms with Crippen LogP contribution < -0.4 is 10.6 Å². The van der Waals surface area contributed by atoms with Crippen LogP contribution in [0.3, 0.4) is 0 Å². The Morgan fingerprint density at radius 1 is 1.13 bits per heavy atom. The Morgan fingerprint density at radius 3 is 2.48 bits per heavy atom. The van der Waals surface area contributed by atoms with Crippen LogP contribution in [0.25, 0.3) is 11.3 Å². The minimum absolute atomic E-state index is 0. The summed E-state index contributed by atoms with van der Waals surface area (Å²) in [5, 5.41) is 7.12. The smallest absolute Gasteiger partial charge is 0.263 e. The van der Waals surface area contributed by atoms with E-state index < -0.39 is 0 Å². The third-order valence-corrected chi connectivity index (χ3v) is 3.97. The van der Waals surface area contributed by atoms with E-state index in [1.54, 1.807) is 0 Å². The maximum Gasteiger partial charge on any atom is 0.263 e. The third-order valence-electron chi connectivity index (χ3n) is 3.00. The average molecular weight is 376 g/mol. The molecule has 2 N–H and O–H groups in total. The van der Waals surface area contributed by atoms with Crippen molar-refractivity contribution in [1.82, 2.24) is 15.6 Å². The predicted molar refractivity (Wildman–Crippen MR) is 102 cm³/mol. The van der Waals surface area contributed by atoms with E-state index in [0.29, 0.717) is 11.4 Å². The second kappa shape index (κ2) is 11.4. The van der Waals surface area contributed by atoms with E-state index in [1.807, 2.05) is 37.3 Å². The molecule has 4 nitrogen and oxygen atoms in total. The van der Waals surface area contributed by atoms with Crippen molar-refractivity contribution in [3.8, 4) is 11.3 Å². The summed E-state index contributed by atoms with van der Waals surface area (Å²) < 4.78 is 0. The number of rotatable bonds is 7. The maximum atomic E-state index is 12.3. The van der Waals surface area contributed by atoms with Gasteiger partial charge in [0.1, 0.15) is 4.88 Å². The molecule has 1 amide bonds. The molecule has 2 aromatic rings. The van der Waals surface area contributed by atoms with E-state index in [1.165, 1.54) is 11.3 Å². The van der Waals surface area contributed by atoms with Gasteiger partial charge in [0.15, 0.2) is 0 Å². The quantitative estimate of drug-likeness (QED) is 0.725. The highest BCUT2D eigenvalue weighted by molar-refractivity contribution is 7.14. The molecule has 0 radical (unpaired) electrons. The zero-order valence-electron chi connectivity index (χ0n) is 13.3. The number of halogens is 2. The average Bonchev–Trinajstić information content (AvgIpc) is 2.90. The first-order valence-electron chi connectivity index (χ1n) is 7.24. The summed E-state index contributed by atoms with van der Waals surface area (Å²) in [7, 11) is 0. The fourth-order valence-corrected chi connectivity index (χ4v) is 2.88. The maximum absolute atomic E-state index is 12.3. The molecule has 7 heteroatoms. The van der Waals surface area contributed by atoms with E-state index in [4.69, 9.17) is 0 Å². The van der Waals surface area contributed by atoms with Gasteiger partial charge in [-0.15, -0.1) is 36.2 Å². The lowest BCUT2D eigenvalue weighted by Gasteiger charge is -2.06. The second-order valence-corrected chi connectivity index (χ2v) is 5.99. The van der Waals surface area contributed by atoms with E-state index in [0.717, 1.165) is 35.8 Å². The minimum atomic E-state index is -0.0437. The Bertz CT molecular complexity index is 590. The van der Waals surface area contributed by atoms with Gasteiger partial charge in [0.25, 0.3) is 5.91 Å². The van der Waals surface area contributed by atoms with Crippen LogP contribution in [0.4, 0.5) is 0 Å². The molecule has 0 unspecified atom stereocenters. The lowest BCUT2D eigenvalue weighted by atomic mass is 10.1. The number of nitrogens with one attached hydrogen (secondary N) is 2. The Hall–Kier alpha value is -1.14. The van der Waals surface area contributed by atoms with Gasteiger partial charge in [0, 0.05) is 18.7 Å². The molecule has 0 aliphatic heterocycles. The molecule has 2 rings (SSSR count). The summed E-state index contributed by atoms with van der Waals surface area (Å²) in [4.78, 5) is 17.5. The minimum Gasteiger partial charge on any atom is -0.350 e. The number of aromatic nitrogens is 1. The van der Waals surface area contributed by atoms with Crippen LogP contribution >= 0.6 is 36.2 Å². The van der Waals surface area contributed by atoms with Gasteiger partial charge in [-0.1, -0.05) is 37.3 Å². The molecule has 23 heavy (non-hydrogen) atoms. The van der Waals surface area contributed by atoms with Crippen molar-refractivity contribution in [1.29, 1.82) is 0 Å². The molecular formula is C16H23Cl2N3OS. The topological polar surface area (TPSA) is 54.0 Å². The van der Waals surface area contributed by atoms with Crippen molar-refractivity contribution in [3.05, 3.63) is 40.2 Å². The Morgan fingerprint density at radius 2 is 1.83 bits per heavy atom. The molecular weight excluding hydrogens is 353 g/mol. The van der Waals surface area contributed by atoms with Crippen LogP contribution in [0.1, 0.15) is 28.0 Å². The lowest BCUT2D eigenvalue weighted by molar-refractivity contribution is 0.0958. The highest BCUT2D eigenvalue weighted by Crippen LogP contribution is 2.27. The molecule has 0 saturated carbocycles. The van der Waals surface area contributed by atoms with Crippen molar-refractivity contribution in [2.24, 2.45) is 0 Å². The third kappa shape index (κ3) is 6.47. The van der Waals surface area contributed by atoms with Gasteiger partial charge in [-0.25, -0.2) is 4.98 Å². The van der Waals surface area contributed by atoms with Crippen molar-refractivity contribution >= 4 is 42.1 Å². The molecule has 0 saturated heterocycles. The molecule has 0 aliphatic carbocycles. The van der Waals surface area contributed by atoms with Crippen molar-refractivity contribution in [2.75, 3.05) is 19.6 Å². The number of hydrogen-bond donors (Lipinski definition) is 2. The fourth-order valence-electron chi connectivity index (χ4n) is 2.02. The van der Waals surface area contributed by atoms with Gasteiger partial charge in [0.2, 0.25) is 0 Å². The van der Waals surface area contributed by atoms with Gasteiger partial charge >= 0.3 is 0 Å². The summed E-state index contributed by atoms with van der Waals surface area (Å²) in [6, 6.07) is 9.84. The second-order valence-electron chi connectivity index (χ2n) is 4.78. The summed E-state index contributed by atoms with van der Waals surface area (Å²) in [6.45, 7) is 6.45. The van der Waals surface area contributed by atoms with E-state index in [2.05, 4.69) is 22.5 Å². The van der Waals surface area contributed by atoms with E-state index in [-0.39, 0.29) is 30.7 Å². The largest absolute Gasteiger partial charge is 0.350 e. The van der Waals surface area contributed by atoms with Gasteiger partial charge < -0.3 is 10.6 Å². The normalized spacial score (nSPS) is 9.65. The number of amides is 1. The number of nitrogens with zero attached hydrogens (tertiary/aromatic N) is 1. The van der Waals surface area contributed by atoms with Gasteiger partial charge in [-0.05, 0) is 19.9 Å². The summed E-state index contributed by atoms with van der Waals surface area (Å²) in [5.41, 5.74) is 1.76. The summed E-state index contributed by atoms with van der Waals surface area (Å²) in [5.74, 6) is -0.0437. The van der Waals surface area contributed by atoms with Crippen molar-refractivity contribution in [3.63, 3.8) is 0 Å². The Balaban J connectivity index is 0.00000242. The van der Waals surface area contributed by atoms with Crippen molar-refractivity contribution < 1.29 is 4.79 Å². The standard InChI is InChI=1S/C16H21N3OS.2ClH/c1-3-9-17-10-11-18-16(20)15-14(19-12(2)21-15)13-7-5-4-6-8-13;;/h4-8,17H,3,9-11H2,1-2H3,(H,18,20);2*1H. The van der Waals surface area contributed by atoms with Crippen LogP contribution in [0, 0.1) is 6.92 Å². The van der Waals surface area contributed by atoms with Crippen molar-refractivity contribution in [2.45, 2.75) is 20.3 Å². The SMILES string of the molecule is CCCNCCNC(=O)c1sc(C)nc1-c1ccccc1.Cl.Cl. The van der Waals surface area contributed by atoms with Gasteiger partial charge in [0.05, 0.1) is 10.7 Å². The Labute approximate surface area is 153 Å². The van der Waals surface area contributed by atoms with E-state index >= 15 is 0 Å². The zero-order valence-corrected chi connectivity index (χ0v) is 15.7.